The average molecular weight is 755 g/mol. The van der Waals surface area contributed by atoms with E-state index >= 15 is 0 Å². The maximum atomic E-state index is 12.5. The first-order valence-corrected chi connectivity index (χ1v) is 20.0. The minimum absolute atomic E-state index is 0.0266. The largest absolute Gasteiger partial charge is 0.394 e. The Hall–Kier alpha value is -0.780. The monoisotopic (exact) mass is 754 g/mol. The first-order valence-electron chi connectivity index (χ1n) is 20.0. The van der Waals surface area contributed by atoms with Crippen LogP contribution < -0.4 is 0 Å². The zero-order valence-corrected chi connectivity index (χ0v) is 32.5. The zero-order valence-electron chi connectivity index (χ0n) is 32.5. The quantitative estimate of drug-likeness (QED) is 0.144. The van der Waals surface area contributed by atoms with E-state index in [1.54, 1.807) is 6.92 Å². The molecule has 0 aromatic carbocycles. The van der Waals surface area contributed by atoms with Gasteiger partial charge in [0.25, 0.3) is 0 Å². The van der Waals surface area contributed by atoms with Gasteiger partial charge in [-0.25, -0.2) is 0 Å². The maximum absolute atomic E-state index is 12.5. The normalized spacial score (nSPS) is 58.0. The second-order valence-corrected chi connectivity index (χ2v) is 20.0. The number of rotatable bonds is 5. The van der Waals surface area contributed by atoms with Crippen molar-refractivity contribution in [1.82, 2.24) is 0 Å². The van der Waals surface area contributed by atoms with Crippen molar-refractivity contribution in [2.24, 2.45) is 44.8 Å². The molecule has 13 nitrogen and oxygen atoms in total. The van der Waals surface area contributed by atoms with Crippen molar-refractivity contribution in [1.29, 1.82) is 0 Å². The van der Waals surface area contributed by atoms with Crippen LogP contribution in [0.1, 0.15) is 106 Å². The van der Waals surface area contributed by atoms with E-state index in [0.29, 0.717) is 12.3 Å². The molecule has 0 radical (unpaired) electrons. The first kappa shape index (κ1) is 40.4. The van der Waals surface area contributed by atoms with Gasteiger partial charge in [0, 0.05) is 5.41 Å². The second-order valence-electron chi connectivity index (χ2n) is 20.0. The first-order chi connectivity index (χ1) is 24.6. The second kappa shape index (κ2) is 13.4. The Morgan fingerprint density at radius 2 is 1.40 bits per heavy atom. The van der Waals surface area contributed by atoms with E-state index in [1.807, 2.05) is 0 Å². The molecule has 304 valence electrons. The van der Waals surface area contributed by atoms with E-state index in [-0.39, 0.29) is 45.0 Å². The van der Waals surface area contributed by atoms with Crippen LogP contribution in [0.15, 0.2) is 11.6 Å². The van der Waals surface area contributed by atoms with Gasteiger partial charge in [-0.3, -0.25) is 0 Å². The third-order valence-corrected chi connectivity index (χ3v) is 16.6. The van der Waals surface area contributed by atoms with E-state index in [2.05, 4.69) is 47.6 Å². The van der Waals surface area contributed by atoms with E-state index < -0.39 is 79.9 Å². The number of aliphatic hydroxyl groups excluding tert-OH is 8. The van der Waals surface area contributed by atoms with Gasteiger partial charge in [0.2, 0.25) is 0 Å². The molecule has 0 bridgehead atoms. The SMILES string of the molecule is CC1(C)CC2C3=CCC4[C@@]5(C)CC[C@H](O[C@@H]6OC(O)[C@@H](O)[C@@H](O)C6O[C@@H]6OC(CO)[C@H](O)[C@@H](O)C6O)[C@](C)(O)C5CC[C@@]4(C)[C@]3(C)CC[C@@]2(C)[C@H](O)C1. The Morgan fingerprint density at radius 1 is 0.698 bits per heavy atom. The standard InChI is InChI=1S/C40H66O13/c1-35(2)16-20-19-8-9-22-37(4)12-11-25(40(7,49)23(37)10-13-39(22,6)38(19,5)15-14-36(20,3)24(42)17-35)51-34-31(28(45)29(46)32(48)53-34)52-33-30(47)27(44)26(43)21(18-41)50-33/h8,20-34,41-49H,9-18H2,1-7H3/t20?,21?,22?,23?,24-,25+,26+,27-,28-,29+,30?,31?,32?,33+,34-,36-,37-,38-,39-,40-/m1/s1. The minimum atomic E-state index is -1.85. The highest BCUT2D eigenvalue weighted by atomic mass is 16.8. The average Bonchev–Trinajstić information content (AvgIpc) is 3.07. The lowest BCUT2D eigenvalue weighted by molar-refractivity contribution is -0.398. The van der Waals surface area contributed by atoms with Crippen LogP contribution in [-0.2, 0) is 18.9 Å². The summed E-state index contributed by atoms with van der Waals surface area (Å²) in [6.45, 7) is 15.2. The van der Waals surface area contributed by atoms with Gasteiger partial charge < -0.3 is 64.9 Å². The summed E-state index contributed by atoms with van der Waals surface area (Å²) in [5.41, 5.74) is -0.228. The number of aliphatic hydroxyl groups is 9. The number of hydrogen-bond acceptors (Lipinski definition) is 13. The van der Waals surface area contributed by atoms with Crippen LogP contribution >= 0.6 is 0 Å². The molecule has 4 saturated carbocycles. The fraction of sp³-hybridized carbons (Fsp3) is 0.950. The molecular formula is C40H66O13. The maximum Gasteiger partial charge on any atom is 0.190 e. The number of fused-ring (bicyclic) bond motifs is 7. The Morgan fingerprint density at radius 3 is 2.08 bits per heavy atom. The van der Waals surface area contributed by atoms with Crippen LogP contribution in [0.25, 0.3) is 0 Å². The smallest absolute Gasteiger partial charge is 0.190 e. The van der Waals surface area contributed by atoms with Crippen molar-refractivity contribution < 1.29 is 64.9 Å². The zero-order chi connectivity index (χ0) is 38.8. The highest BCUT2D eigenvalue weighted by Crippen LogP contribution is 2.75. The van der Waals surface area contributed by atoms with Crippen LogP contribution in [0, 0.1) is 44.8 Å². The lowest BCUT2D eigenvalue weighted by Gasteiger charge is -2.71. The molecule has 0 aromatic heterocycles. The Labute approximate surface area is 313 Å². The topological polar surface area (TPSA) is 219 Å². The highest BCUT2D eigenvalue weighted by molar-refractivity contribution is 5.34. The van der Waals surface area contributed by atoms with E-state index in [1.165, 1.54) is 5.57 Å². The van der Waals surface area contributed by atoms with Gasteiger partial charge in [-0.15, -0.1) is 0 Å². The molecule has 0 amide bonds. The van der Waals surface area contributed by atoms with Gasteiger partial charge in [0.1, 0.15) is 42.7 Å². The van der Waals surface area contributed by atoms with E-state index in [0.717, 1.165) is 51.4 Å². The van der Waals surface area contributed by atoms with Crippen LogP contribution in [0.4, 0.5) is 0 Å². The molecule has 2 aliphatic heterocycles. The van der Waals surface area contributed by atoms with Crippen molar-refractivity contribution in [3.8, 4) is 0 Å². The molecule has 53 heavy (non-hydrogen) atoms. The predicted octanol–water partition coefficient (Wildman–Crippen LogP) is 1.47. The minimum Gasteiger partial charge on any atom is -0.394 e. The molecule has 7 rings (SSSR count). The van der Waals surface area contributed by atoms with Gasteiger partial charge >= 0.3 is 0 Å². The molecule has 13 heteroatoms. The Balaban J connectivity index is 1.13. The summed E-state index contributed by atoms with van der Waals surface area (Å²) in [5, 5.41) is 97.0. The fourth-order valence-corrected chi connectivity index (χ4v) is 13.1. The van der Waals surface area contributed by atoms with Gasteiger partial charge in [0.15, 0.2) is 18.9 Å². The summed E-state index contributed by atoms with van der Waals surface area (Å²) in [6.07, 6.45) is -7.66. The molecule has 20 atom stereocenters. The summed E-state index contributed by atoms with van der Waals surface area (Å²) in [4.78, 5) is 0. The lowest BCUT2D eigenvalue weighted by atomic mass is 9.34. The predicted molar refractivity (Wildman–Crippen MR) is 189 cm³/mol. The molecule has 9 N–H and O–H groups in total. The summed E-state index contributed by atoms with van der Waals surface area (Å²) in [7, 11) is 0. The summed E-state index contributed by atoms with van der Waals surface area (Å²) < 4.78 is 23.4. The Bertz CT molecular complexity index is 1400. The van der Waals surface area contributed by atoms with Crippen LogP contribution in [0.3, 0.4) is 0 Å². The third kappa shape index (κ3) is 5.97. The van der Waals surface area contributed by atoms with Crippen molar-refractivity contribution in [2.75, 3.05) is 6.61 Å². The molecule has 5 aliphatic carbocycles. The van der Waals surface area contributed by atoms with Gasteiger partial charge in [-0.05, 0) is 104 Å². The number of hydrogen-bond donors (Lipinski definition) is 9. The van der Waals surface area contributed by atoms with Crippen LogP contribution in [0.2, 0.25) is 0 Å². The molecule has 2 saturated heterocycles. The molecular weight excluding hydrogens is 688 g/mol. The number of ether oxygens (including phenoxy) is 4. The van der Waals surface area contributed by atoms with Crippen LogP contribution in [-0.4, -0.2) is 132 Å². The third-order valence-electron chi connectivity index (χ3n) is 16.6. The summed E-state index contributed by atoms with van der Waals surface area (Å²) in [6, 6.07) is 0. The molecule has 2 heterocycles. The molecule has 7 aliphatic rings. The van der Waals surface area contributed by atoms with Crippen molar-refractivity contribution in [2.45, 2.75) is 186 Å². The number of allylic oxidation sites excluding steroid dienone is 2. The van der Waals surface area contributed by atoms with Gasteiger partial charge in [-0.2, -0.15) is 0 Å². The van der Waals surface area contributed by atoms with Gasteiger partial charge in [-0.1, -0.05) is 53.2 Å². The summed E-state index contributed by atoms with van der Waals surface area (Å²) in [5.74, 6) is 0.449. The highest BCUT2D eigenvalue weighted by Gasteiger charge is 2.69. The van der Waals surface area contributed by atoms with Gasteiger partial charge in [0.05, 0.1) is 24.4 Å². The van der Waals surface area contributed by atoms with Crippen molar-refractivity contribution >= 4 is 0 Å². The molecule has 0 spiro atoms. The van der Waals surface area contributed by atoms with E-state index in [4.69, 9.17) is 18.9 Å². The van der Waals surface area contributed by atoms with Crippen molar-refractivity contribution in [3.63, 3.8) is 0 Å². The molecule has 7 unspecified atom stereocenters. The molecule has 6 fully saturated rings. The Kier molecular flexibility index (Phi) is 10.2. The molecule has 0 aromatic rings. The van der Waals surface area contributed by atoms with Crippen molar-refractivity contribution in [3.05, 3.63) is 11.6 Å². The van der Waals surface area contributed by atoms with Crippen LogP contribution in [0.5, 0.6) is 0 Å². The summed E-state index contributed by atoms with van der Waals surface area (Å²) >= 11 is 0. The van der Waals surface area contributed by atoms with E-state index in [9.17, 15) is 46.0 Å². The fourth-order valence-electron chi connectivity index (χ4n) is 13.1. The lowest BCUT2D eigenvalue weighted by Crippen LogP contribution is -2.68.